The molecule has 0 saturated carbocycles. The standard InChI is InChI=1S/C16H21NO3S2/c1-12-10-16(21-13(12)2)22(19,20)17-11-15(8-9-18)14-6-4-3-5-7-14/h3-7,10,15,17-18H,8-9,11H2,1-2H3. The summed E-state index contributed by atoms with van der Waals surface area (Å²) in [5.74, 6) is -0.0388. The Kier molecular flexibility index (Phi) is 5.74. The Hall–Kier alpha value is -1.21. The van der Waals surface area contributed by atoms with Gasteiger partial charge >= 0.3 is 0 Å². The number of benzene rings is 1. The van der Waals surface area contributed by atoms with Gasteiger partial charge < -0.3 is 5.11 Å². The third-order valence-electron chi connectivity index (χ3n) is 3.68. The van der Waals surface area contributed by atoms with Crippen LogP contribution in [0.5, 0.6) is 0 Å². The molecule has 120 valence electrons. The Morgan fingerprint density at radius 2 is 1.91 bits per heavy atom. The Balaban J connectivity index is 2.11. The number of hydrogen-bond acceptors (Lipinski definition) is 4. The van der Waals surface area contributed by atoms with E-state index in [4.69, 9.17) is 0 Å². The number of thiophene rings is 1. The summed E-state index contributed by atoms with van der Waals surface area (Å²) in [5, 5.41) is 9.21. The first-order valence-corrected chi connectivity index (χ1v) is 9.46. The van der Waals surface area contributed by atoms with Crippen LogP contribution in [0.2, 0.25) is 0 Å². The number of nitrogens with one attached hydrogen (secondary N) is 1. The van der Waals surface area contributed by atoms with Crippen LogP contribution in [0.3, 0.4) is 0 Å². The number of aliphatic hydroxyl groups excluding tert-OH is 1. The van der Waals surface area contributed by atoms with Crippen molar-refractivity contribution in [3.63, 3.8) is 0 Å². The van der Waals surface area contributed by atoms with Crippen molar-refractivity contribution < 1.29 is 13.5 Å². The molecule has 0 bridgehead atoms. The molecule has 0 radical (unpaired) electrons. The minimum atomic E-state index is -3.50. The summed E-state index contributed by atoms with van der Waals surface area (Å²) < 4.78 is 27.8. The third-order valence-corrected chi connectivity index (χ3v) is 6.73. The number of rotatable bonds is 7. The van der Waals surface area contributed by atoms with Crippen LogP contribution in [0.1, 0.15) is 28.3 Å². The van der Waals surface area contributed by atoms with Crippen LogP contribution in [0.25, 0.3) is 0 Å². The van der Waals surface area contributed by atoms with Crippen LogP contribution < -0.4 is 4.72 Å². The van der Waals surface area contributed by atoms with Gasteiger partial charge in [-0.2, -0.15) is 0 Å². The van der Waals surface area contributed by atoms with Crippen molar-refractivity contribution in [3.8, 4) is 0 Å². The summed E-state index contributed by atoms with van der Waals surface area (Å²) in [5.41, 5.74) is 2.01. The van der Waals surface area contributed by atoms with Crippen LogP contribution in [0, 0.1) is 13.8 Å². The Bertz CT molecular complexity index is 689. The molecule has 0 spiro atoms. The van der Waals surface area contributed by atoms with Gasteiger partial charge in [0.1, 0.15) is 4.21 Å². The predicted molar refractivity (Wildman–Crippen MR) is 89.9 cm³/mol. The average Bonchev–Trinajstić information content (AvgIpc) is 2.85. The van der Waals surface area contributed by atoms with Gasteiger partial charge in [0.05, 0.1) is 0 Å². The van der Waals surface area contributed by atoms with Crippen molar-refractivity contribution in [2.24, 2.45) is 0 Å². The van der Waals surface area contributed by atoms with Crippen molar-refractivity contribution in [1.82, 2.24) is 4.72 Å². The molecule has 1 heterocycles. The molecule has 2 N–H and O–H groups in total. The maximum atomic E-state index is 12.4. The second kappa shape index (κ2) is 7.37. The van der Waals surface area contributed by atoms with Crippen molar-refractivity contribution >= 4 is 21.4 Å². The molecule has 0 amide bonds. The summed E-state index contributed by atoms with van der Waals surface area (Å²) in [6, 6.07) is 11.4. The van der Waals surface area contributed by atoms with E-state index in [2.05, 4.69) is 4.72 Å². The highest BCUT2D eigenvalue weighted by Gasteiger charge is 2.20. The summed E-state index contributed by atoms with van der Waals surface area (Å²) in [7, 11) is -3.50. The third kappa shape index (κ3) is 4.16. The Labute approximate surface area is 135 Å². The van der Waals surface area contributed by atoms with Crippen molar-refractivity contribution in [3.05, 3.63) is 52.4 Å². The second-order valence-corrected chi connectivity index (χ2v) is 8.53. The summed E-state index contributed by atoms with van der Waals surface area (Å²) >= 11 is 1.28. The molecule has 0 saturated heterocycles. The van der Waals surface area contributed by atoms with E-state index in [1.165, 1.54) is 11.3 Å². The molecule has 0 fully saturated rings. The van der Waals surface area contributed by atoms with Crippen LogP contribution in [0.15, 0.2) is 40.6 Å². The van der Waals surface area contributed by atoms with E-state index in [-0.39, 0.29) is 19.1 Å². The lowest BCUT2D eigenvalue weighted by molar-refractivity contribution is 0.275. The lowest BCUT2D eigenvalue weighted by Crippen LogP contribution is -2.28. The lowest BCUT2D eigenvalue weighted by atomic mass is 9.96. The fraction of sp³-hybridized carbons (Fsp3) is 0.375. The monoisotopic (exact) mass is 339 g/mol. The summed E-state index contributed by atoms with van der Waals surface area (Å²) in [6.07, 6.45) is 0.523. The molecule has 1 aromatic heterocycles. The van der Waals surface area contributed by atoms with Crippen molar-refractivity contribution in [2.45, 2.75) is 30.4 Å². The summed E-state index contributed by atoms with van der Waals surface area (Å²) in [6.45, 7) is 4.13. The number of hydrogen-bond donors (Lipinski definition) is 2. The highest BCUT2D eigenvalue weighted by molar-refractivity contribution is 7.91. The molecule has 1 unspecified atom stereocenters. The largest absolute Gasteiger partial charge is 0.396 e. The smallest absolute Gasteiger partial charge is 0.250 e. The minimum absolute atomic E-state index is 0.0263. The molecular formula is C16H21NO3S2. The van der Waals surface area contributed by atoms with Crippen molar-refractivity contribution in [2.75, 3.05) is 13.2 Å². The molecule has 22 heavy (non-hydrogen) atoms. The van der Waals surface area contributed by atoms with Gasteiger partial charge in [0.2, 0.25) is 10.0 Å². The van der Waals surface area contributed by atoms with Crippen molar-refractivity contribution in [1.29, 1.82) is 0 Å². The normalized spacial score (nSPS) is 13.2. The molecule has 1 aromatic carbocycles. The SMILES string of the molecule is Cc1cc(S(=O)(=O)NCC(CCO)c2ccccc2)sc1C. The predicted octanol–water partition coefficient (Wildman–Crippen LogP) is 2.81. The Morgan fingerprint density at radius 3 is 2.45 bits per heavy atom. The van der Waals surface area contributed by atoms with Crippen LogP contribution >= 0.6 is 11.3 Å². The van der Waals surface area contributed by atoms with Crippen LogP contribution in [-0.2, 0) is 10.0 Å². The first-order chi connectivity index (χ1) is 10.4. The Morgan fingerprint density at radius 1 is 1.23 bits per heavy atom. The molecule has 4 nitrogen and oxygen atoms in total. The zero-order valence-corrected chi connectivity index (χ0v) is 14.4. The van der Waals surface area contributed by atoms with Gasteiger partial charge in [-0.05, 0) is 43.4 Å². The molecule has 2 rings (SSSR count). The molecule has 6 heteroatoms. The summed E-state index contributed by atoms with van der Waals surface area (Å²) in [4.78, 5) is 1.01. The highest BCUT2D eigenvalue weighted by atomic mass is 32.2. The van der Waals surface area contributed by atoms with E-state index in [1.807, 2.05) is 44.2 Å². The van der Waals surface area contributed by atoms with E-state index in [1.54, 1.807) is 6.07 Å². The van der Waals surface area contributed by atoms with Gasteiger partial charge in [-0.25, -0.2) is 13.1 Å². The van der Waals surface area contributed by atoms with Crippen LogP contribution in [-0.4, -0.2) is 26.7 Å². The second-order valence-electron chi connectivity index (χ2n) is 5.28. The molecule has 1 atom stereocenters. The maximum absolute atomic E-state index is 12.4. The van der Waals surface area contributed by atoms with Gasteiger partial charge in [-0.15, -0.1) is 11.3 Å². The number of aryl methyl sites for hydroxylation is 2. The fourth-order valence-corrected chi connectivity index (χ4v) is 4.86. The van der Waals surface area contributed by atoms with E-state index < -0.39 is 10.0 Å². The van der Waals surface area contributed by atoms with E-state index in [0.29, 0.717) is 10.6 Å². The zero-order chi connectivity index (χ0) is 16.2. The van der Waals surface area contributed by atoms with E-state index >= 15 is 0 Å². The molecular weight excluding hydrogens is 318 g/mol. The highest BCUT2D eigenvalue weighted by Crippen LogP contribution is 2.25. The van der Waals surface area contributed by atoms with Gasteiger partial charge in [-0.3, -0.25) is 0 Å². The maximum Gasteiger partial charge on any atom is 0.250 e. The first kappa shape index (κ1) is 17.1. The minimum Gasteiger partial charge on any atom is -0.396 e. The van der Waals surface area contributed by atoms with E-state index in [0.717, 1.165) is 16.0 Å². The van der Waals surface area contributed by atoms with Gasteiger partial charge in [0, 0.05) is 18.0 Å². The lowest BCUT2D eigenvalue weighted by Gasteiger charge is -2.16. The average molecular weight is 339 g/mol. The molecule has 0 aliphatic rings. The molecule has 0 aliphatic carbocycles. The van der Waals surface area contributed by atoms with Gasteiger partial charge in [0.25, 0.3) is 0 Å². The molecule has 0 aliphatic heterocycles. The van der Waals surface area contributed by atoms with Gasteiger partial charge in [-0.1, -0.05) is 30.3 Å². The van der Waals surface area contributed by atoms with Gasteiger partial charge in [0.15, 0.2) is 0 Å². The number of aliphatic hydroxyl groups is 1. The fourth-order valence-electron chi connectivity index (χ4n) is 2.22. The number of sulfonamides is 1. The quantitative estimate of drug-likeness (QED) is 0.815. The molecule has 2 aromatic rings. The zero-order valence-electron chi connectivity index (χ0n) is 12.7. The van der Waals surface area contributed by atoms with E-state index in [9.17, 15) is 13.5 Å². The first-order valence-electron chi connectivity index (χ1n) is 7.16. The topological polar surface area (TPSA) is 66.4 Å². The van der Waals surface area contributed by atoms with Crippen LogP contribution in [0.4, 0.5) is 0 Å².